The molecule has 90 valence electrons. The van der Waals surface area contributed by atoms with Crippen molar-refractivity contribution < 1.29 is 0 Å². The number of nitrogens with two attached hydrogens (primary N) is 1. The predicted octanol–water partition coefficient (Wildman–Crippen LogP) is 4.60. The average Bonchev–Trinajstić information content (AvgIpc) is 2.06. The maximum atomic E-state index is 5.84. The third kappa shape index (κ3) is 29.7. The second kappa shape index (κ2) is 9.51. The maximum Gasteiger partial charge on any atom is 0.00972 e. The summed E-state index contributed by atoms with van der Waals surface area (Å²) >= 11 is 0. The number of rotatable bonds is 2. The highest BCUT2D eigenvalue weighted by Crippen LogP contribution is 2.23. The topological polar surface area (TPSA) is 26.0 Å². The van der Waals surface area contributed by atoms with Gasteiger partial charge in [-0.2, -0.15) is 0 Å². The van der Waals surface area contributed by atoms with Gasteiger partial charge in [-0.15, -0.1) is 0 Å². The first kappa shape index (κ1) is 19.5. The molecule has 0 aliphatic carbocycles. The minimum Gasteiger partial charge on any atom is -0.326 e. The molecule has 0 saturated carbocycles. The molecule has 0 aliphatic rings. The average molecular weight is 203 g/mol. The van der Waals surface area contributed by atoms with Gasteiger partial charge in [0.05, 0.1) is 0 Å². The Labute approximate surface area is 92.5 Å². The normalized spacial score (nSPS) is 10.7. The molecule has 0 saturated heterocycles. The quantitative estimate of drug-likeness (QED) is 0.697. The third-order valence-electron chi connectivity index (χ3n) is 1.52. The second-order valence-electron chi connectivity index (χ2n) is 5.05. The molecule has 1 heteroatoms. The zero-order valence-corrected chi connectivity index (χ0v) is 12.0. The van der Waals surface area contributed by atoms with Crippen LogP contribution < -0.4 is 5.73 Å². The van der Waals surface area contributed by atoms with E-state index in [9.17, 15) is 0 Å². The van der Waals surface area contributed by atoms with Gasteiger partial charge in [-0.05, 0) is 32.1 Å². The van der Waals surface area contributed by atoms with Crippen molar-refractivity contribution in [2.45, 2.75) is 80.7 Å². The zero-order chi connectivity index (χ0) is 12.4. The summed E-state index contributed by atoms with van der Waals surface area (Å²) in [5.74, 6) is 0. The first-order chi connectivity index (χ1) is 6.21. The van der Waals surface area contributed by atoms with E-state index in [1.165, 1.54) is 6.42 Å². The Morgan fingerprint density at radius 1 is 0.714 bits per heavy atom. The van der Waals surface area contributed by atoms with Gasteiger partial charge < -0.3 is 5.73 Å². The Balaban J connectivity index is -0.000000266. The van der Waals surface area contributed by atoms with Crippen molar-refractivity contribution in [1.29, 1.82) is 0 Å². The van der Waals surface area contributed by atoms with Gasteiger partial charge in [-0.25, -0.2) is 0 Å². The predicted molar refractivity (Wildman–Crippen MR) is 69.7 cm³/mol. The van der Waals surface area contributed by atoms with Gasteiger partial charge in [0.1, 0.15) is 0 Å². The fraction of sp³-hybridized carbons (Fsp3) is 1.00. The smallest absolute Gasteiger partial charge is 0.00972 e. The van der Waals surface area contributed by atoms with Crippen molar-refractivity contribution in [2.75, 3.05) is 0 Å². The molecular weight excluding hydrogens is 170 g/mol. The molecule has 0 aromatic rings. The van der Waals surface area contributed by atoms with Gasteiger partial charge in [-0.3, -0.25) is 0 Å². The summed E-state index contributed by atoms with van der Waals surface area (Å²) in [4.78, 5) is 0. The van der Waals surface area contributed by atoms with Crippen LogP contribution in [0.2, 0.25) is 0 Å². The van der Waals surface area contributed by atoms with Crippen LogP contribution in [0.15, 0.2) is 0 Å². The minimum atomic E-state index is 0.00722. The van der Waals surface area contributed by atoms with Gasteiger partial charge in [-0.1, -0.05) is 48.5 Å². The van der Waals surface area contributed by atoms with E-state index in [-0.39, 0.29) is 5.54 Å². The van der Waals surface area contributed by atoms with Crippen molar-refractivity contribution >= 4 is 0 Å². The Morgan fingerprint density at radius 2 is 1.00 bits per heavy atom. The van der Waals surface area contributed by atoms with Crippen LogP contribution >= 0.6 is 0 Å². The van der Waals surface area contributed by atoms with E-state index in [0.29, 0.717) is 5.41 Å². The van der Waals surface area contributed by atoms with Crippen LogP contribution in [0.5, 0.6) is 0 Å². The molecule has 0 fully saturated rings. The van der Waals surface area contributed by atoms with Crippen LogP contribution in [0, 0.1) is 5.41 Å². The molecule has 0 aromatic carbocycles. The first-order valence-corrected chi connectivity index (χ1v) is 6.00. The van der Waals surface area contributed by atoms with E-state index < -0.39 is 0 Å². The lowest BCUT2D eigenvalue weighted by Gasteiger charge is -2.24. The molecule has 0 aliphatic heterocycles. The van der Waals surface area contributed by atoms with Gasteiger partial charge >= 0.3 is 0 Å². The molecule has 0 radical (unpaired) electrons. The van der Waals surface area contributed by atoms with Crippen molar-refractivity contribution in [3.05, 3.63) is 0 Å². The Kier molecular flexibility index (Phi) is 13.3. The standard InChI is InChI=1S/C9H21N.2C2H6/c1-8(2,3)6-7-9(4,5)10;2*1-2/h6-7,10H2,1-5H3;2*1-2H3. The SMILES string of the molecule is CC.CC.CC(C)(C)CCC(C)(C)N. The van der Waals surface area contributed by atoms with E-state index in [0.717, 1.165) is 6.42 Å². The van der Waals surface area contributed by atoms with Crippen LogP contribution in [0.4, 0.5) is 0 Å². The summed E-state index contributed by atoms with van der Waals surface area (Å²) in [6.45, 7) is 18.9. The van der Waals surface area contributed by atoms with E-state index in [1.54, 1.807) is 0 Å². The molecular formula is C13H33N. The fourth-order valence-corrected chi connectivity index (χ4v) is 0.697. The van der Waals surface area contributed by atoms with Gasteiger partial charge in [0.25, 0.3) is 0 Å². The monoisotopic (exact) mass is 203 g/mol. The molecule has 14 heavy (non-hydrogen) atoms. The largest absolute Gasteiger partial charge is 0.326 e. The highest BCUT2D eigenvalue weighted by Gasteiger charge is 2.16. The van der Waals surface area contributed by atoms with Crippen molar-refractivity contribution in [3.8, 4) is 0 Å². The first-order valence-electron chi connectivity index (χ1n) is 6.00. The second-order valence-corrected chi connectivity index (χ2v) is 5.05. The zero-order valence-electron chi connectivity index (χ0n) is 12.0. The molecule has 0 aromatic heterocycles. The molecule has 0 unspecified atom stereocenters. The Bertz CT molecular complexity index is 78.8. The van der Waals surface area contributed by atoms with Gasteiger partial charge in [0, 0.05) is 5.54 Å². The number of hydrogen-bond acceptors (Lipinski definition) is 1. The van der Waals surface area contributed by atoms with Crippen molar-refractivity contribution in [2.24, 2.45) is 11.1 Å². The summed E-state index contributed by atoms with van der Waals surface area (Å²) in [5.41, 5.74) is 6.28. The number of hydrogen-bond donors (Lipinski definition) is 1. The van der Waals surface area contributed by atoms with Crippen LogP contribution in [0.3, 0.4) is 0 Å². The van der Waals surface area contributed by atoms with Crippen LogP contribution in [-0.2, 0) is 0 Å². The van der Waals surface area contributed by atoms with E-state index in [1.807, 2.05) is 27.7 Å². The van der Waals surface area contributed by atoms with Crippen LogP contribution in [0.25, 0.3) is 0 Å². The summed E-state index contributed by atoms with van der Waals surface area (Å²) in [5, 5.41) is 0. The molecule has 0 bridgehead atoms. The summed E-state index contributed by atoms with van der Waals surface area (Å²) in [7, 11) is 0. The maximum absolute atomic E-state index is 5.84. The molecule has 0 amide bonds. The minimum absolute atomic E-state index is 0.00722. The van der Waals surface area contributed by atoms with E-state index in [4.69, 9.17) is 5.73 Å². The van der Waals surface area contributed by atoms with Crippen molar-refractivity contribution in [3.63, 3.8) is 0 Å². The molecule has 0 atom stereocenters. The van der Waals surface area contributed by atoms with E-state index >= 15 is 0 Å². The lowest BCUT2D eigenvalue weighted by Crippen LogP contribution is -2.32. The highest BCUT2D eigenvalue weighted by atomic mass is 14.7. The van der Waals surface area contributed by atoms with E-state index in [2.05, 4.69) is 34.6 Å². The highest BCUT2D eigenvalue weighted by molar-refractivity contribution is 4.75. The third-order valence-corrected chi connectivity index (χ3v) is 1.52. The molecule has 0 heterocycles. The lowest BCUT2D eigenvalue weighted by atomic mass is 9.85. The molecule has 0 rings (SSSR count). The Hall–Kier alpha value is -0.0400. The molecule has 0 spiro atoms. The van der Waals surface area contributed by atoms with Crippen LogP contribution in [0.1, 0.15) is 75.2 Å². The van der Waals surface area contributed by atoms with Gasteiger partial charge in [0.2, 0.25) is 0 Å². The van der Waals surface area contributed by atoms with Crippen molar-refractivity contribution in [1.82, 2.24) is 0 Å². The summed E-state index contributed by atoms with van der Waals surface area (Å²) in [6.07, 6.45) is 2.31. The molecule has 1 nitrogen and oxygen atoms in total. The summed E-state index contributed by atoms with van der Waals surface area (Å²) in [6, 6.07) is 0. The Morgan fingerprint density at radius 3 is 1.07 bits per heavy atom. The fourth-order valence-electron chi connectivity index (χ4n) is 0.697. The van der Waals surface area contributed by atoms with Crippen LogP contribution in [-0.4, -0.2) is 5.54 Å². The van der Waals surface area contributed by atoms with Gasteiger partial charge in [0.15, 0.2) is 0 Å². The lowest BCUT2D eigenvalue weighted by molar-refractivity contribution is 0.316. The molecule has 2 N–H and O–H groups in total. The summed E-state index contributed by atoms with van der Waals surface area (Å²) < 4.78 is 0.